The van der Waals surface area contributed by atoms with Gasteiger partial charge in [-0.3, -0.25) is 4.79 Å². The summed E-state index contributed by atoms with van der Waals surface area (Å²) in [5, 5.41) is 3.51. The zero-order valence-corrected chi connectivity index (χ0v) is 21.0. The zero-order valence-electron chi connectivity index (χ0n) is 18.7. The summed E-state index contributed by atoms with van der Waals surface area (Å²) in [4.78, 5) is 23.0. The van der Waals surface area contributed by atoms with E-state index < -0.39 is 0 Å². The van der Waals surface area contributed by atoms with Gasteiger partial charge in [-0.05, 0) is 37.5 Å². The number of benzene rings is 1. The van der Waals surface area contributed by atoms with Crippen LogP contribution in [-0.2, 0) is 9.53 Å². The second kappa shape index (κ2) is 11.7. The van der Waals surface area contributed by atoms with Gasteiger partial charge in [-0.1, -0.05) is 12.1 Å². The maximum atomic E-state index is 12.0. The highest BCUT2D eigenvalue weighted by molar-refractivity contribution is 14.0. The molecule has 0 saturated carbocycles. The Morgan fingerprint density at radius 2 is 1.97 bits per heavy atom. The van der Waals surface area contributed by atoms with E-state index in [9.17, 15) is 4.79 Å². The van der Waals surface area contributed by atoms with Gasteiger partial charge in [0.1, 0.15) is 6.54 Å². The average Bonchev–Trinajstić information content (AvgIpc) is 3.24. The fourth-order valence-corrected chi connectivity index (χ4v) is 3.77. The predicted octanol–water partition coefficient (Wildman–Crippen LogP) is 2.11. The van der Waals surface area contributed by atoms with Crippen LogP contribution in [-0.4, -0.2) is 88.2 Å². The number of piperazine rings is 1. The van der Waals surface area contributed by atoms with Gasteiger partial charge in [0, 0.05) is 65.0 Å². The van der Waals surface area contributed by atoms with Crippen molar-refractivity contribution < 1.29 is 9.53 Å². The first kappa shape index (κ1) is 24.7. The van der Waals surface area contributed by atoms with Gasteiger partial charge >= 0.3 is 0 Å². The molecule has 2 fully saturated rings. The number of hydrogen-bond acceptors (Lipinski definition) is 4. The summed E-state index contributed by atoms with van der Waals surface area (Å²) < 4.78 is 5.49. The quantitative estimate of drug-likeness (QED) is 0.360. The molecular weight excluding hydrogens is 493 g/mol. The van der Waals surface area contributed by atoms with Gasteiger partial charge in [0.05, 0.1) is 6.61 Å². The summed E-state index contributed by atoms with van der Waals surface area (Å²) in [6, 6.07) is 6.51. The highest BCUT2D eigenvalue weighted by Crippen LogP contribution is 2.24. The first-order valence-electron chi connectivity index (χ1n) is 10.6. The molecule has 0 aromatic heterocycles. The Bertz CT molecular complexity index is 726. The van der Waals surface area contributed by atoms with Crippen molar-refractivity contribution in [2.75, 3.05) is 71.5 Å². The summed E-state index contributed by atoms with van der Waals surface area (Å²) >= 11 is 0. The third-order valence-electron chi connectivity index (χ3n) is 5.93. The van der Waals surface area contributed by atoms with Crippen molar-refractivity contribution in [2.45, 2.75) is 20.3 Å². The first-order chi connectivity index (χ1) is 14.0. The van der Waals surface area contributed by atoms with Crippen LogP contribution >= 0.6 is 24.0 Å². The molecule has 30 heavy (non-hydrogen) atoms. The molecule has 3 rings (SSSR count). The van der Waals surface area contributed by atoms with E-state index in [1.165, 1.54) is 16.8 Å². The lowest BCUT2D eigenvalue weighted by molar-refractivity contribution is -0.127. The van der Waals surface area contributed by atoms with Crippen LogP contribution in [0.25, 0.3) is 0 Å². The van der Waals surface area contributed by atoms with Gasteiger partial charge in [0.25, 0.3) is 0 Å². The maximum absolute atomic E-state index is 12.0. The normalized spacial score (nSPS) is 19.5. The SMILES string of the molecule is Cc1cccc(N2CCN(C(=NCC(=O)N(C)C)NCC3CCOC3)CC2)c1C.I. The number of nitrogens with zero attached hydrogens (tertiary/aromatic N) is 4. The van der Waals surface area contributed by atoms with E-state index in [-0.39, 0.29) is 36.4 Å². The number of halogens is 1. The molecule has 1 N–H and O–H groups in total. The van der Waals surface area contributed by atoms with Gasteiger partial charge in [-0.15, -0.1) is 24.0 Å². The van der Waals surface area contributed by atoms with E-state index in [1.807, 2.05) is 0 Å². The van der Waals surface area contributed by atoms with E-state index in [0.717, 1.165) is 58.3 Å². The van der Waals surface area contributed by atoms with Crippen LogP contribution < -0.4 is 10.2 Å². The Balaban J connectivity index is 0.00000320. The smallest absolute Gasteiger partial charge is 0.243 e. The first-order valence-corrected chi connectivity index (χ1v) is 10.6. The number of amides is 1. The fraction of sp³-hybridized carbons (Fsp3) is 0.636. The fourth-order valence-electron chi connectivity index (χ4n) is 3.77. The van der Waals surface area contributed by atoms with Crippen molar-refractivity contribution in [3.8, 4) is 0 Å². The molecule has 168 valence electrons. The molecule has 2 saturated heterocycles. The van der Waals surface area contributed by atoms with Crippen LogP contribution in [0.2, 0.25) is 0 Å². The Morgan fingerprint density at radius 1 is 1.23 bits per heavy atom. The highest BCUT2D eigenvalue weighted by atomic mass is 127. The molecule has 2 aliphatic heterocycles. The topological polar surface area (TPSA) is 60.4 Å². The average molecular weight is 529 g/mol. The van der Waals surface area contributed by atoms with Crippen LogP contribution in [0.15, 0.2) is 23.2 Å². The minimum atomic E-state index is 0. The van der Waals surface area contributed by atoms with Gasteiger partial charge in [0.15, 0.2) is 5.96 Å². The second-order valence-corrected chi connectivity index (χ2v) is 8.23. The minimum absolute atomic E-state index is 0. The van der Waals surface area contributed by atoms with Crippen molar-refractivity contribution in [1.29, 1.82) is 0 Å². The molecule has 1 unspecified atom stereocenters. The van der Waals surface area contributed by atoms with Gasteiger partial charge in [0.2, 0.25) is 5.91 Å². The number of aliphatic imine (C=N–C) groups is 1. The lowest BCUT2D eigenvalue weighted by Gasteiger charge is -2.38. The number of carbonyl (C=O) groups excluding carboxylic acids is 1. The lowest BCUT2D eigenvalue weighted by Crippen LogP contribution is -2.53. The van der Waals surface area contributed by atoms with Gasteiger partial charge in [-0.25, -0.2) is 4.99 Å². The molecule has 0 spiro atoms. The summed E-state index contributed by atoms with van der Waals surface area (Å²) in [5.74, 6) is 1.37. The van der Waals surface area contributed by atoms with Gasteiger partial charge in [-0.2, -0.15) is 0 Å². The molecule has 7 nitrogen and oxygen atoms in total. The Kier molecular flexibility index (Phi) is 9.67. The Hall–Kier alpha value is -1.55. The van der Waals surface area contributed by atoms with E-state index in [0.29, 0.717) is 5.92 Å². The molecule has 2 heterocycles. The van der Waals surface area contributed by atoms with Crippen LogP contribution in [0.4, 0.5) is 5.69 Å². The number of likely N-dealkylation sites (N-methyl/N-ethyl adjacent to an activating group) is 1. The lowest BCUT2D eigenvalue weighted by atomic mass is 10.1. The van der Waals surface area contributed by atoms with Crippen molar-refractivity contribution in [3.63, 3.8) is 0 Å². The third kappa shape index (κ3) is 6.47. The Labute approximate surface area is 197 Å². The standard InChI is InChI=1S/C22H35N5O2.HI/c1-17-6-5-7-20(18(17)2)26-9-11-27(12-10-26)22(24-15-21(28)25(3)4)23-14-19-8-13-29-16-19;/h5-7,19H,8-16H2,1-4H3,(H,23,24);1H. The van der Waals surface area contributed by atoms with Crippen LogP contribution in [0.3, 0.4) is 0 Å². The summed E-state index contributed by atoms with van der Waals surface area (Å²) in [6.07, 6.45) is 1.08. The second-order valence-electron chi connectivity index (χ2n) is 8.23. The minimum Gasteiger partial charge on any atom is -0.381 e. The molecule has 0 bridgehead atoms. The number of carbonyl (C=O) groups is 1. The summed E-state index contributed by atoms with van der Waals surface area (Å²) in [5.41, 5.74) is 4.00. The number of guanidine groups is 1. The molecule has 1 aromatic carbocycles. The largest absolute Gasteiger partial charge is 0.381 e. The Morgan fingerprint density at radius 3 is 2.60 bits per heavy atom. The molecule has 0 radical (unpaired) electrons. The molecule has 2 aliphatic rings. The number of rotatable bonds is 5. The van der Waals surface area contributed by atoms with E-state index >= 15 is 0 Å². The molecule has 8 heteroatoms. The summed E-state index contributed by atoms with van der Waals surface area (Å²) in [6.45, 7) is 10.7. The van der Waals surface area contributed by atoms with Crippen LogP contribution in [0.1, 0.15) is 17.5 Å². The van der Waals surface area contributed by atoms with E-state index in [4.69, 9.17) is 4.74 Å². The van der Waals surface area contributed by atoms with Crippen molar-refractivity contribution in [3.05, 3.63) is 29.3 Å². The van der Waals surface area contributed by atoms with Crippen molar-refractivity contribution in [2.24, 2.45) is 10.9 Å². The maximum Gasteiger partial charge on any atom is 0.243 e. The number of ether oxygens (including phenoxy) is 1. The number of hydrogen-bond donors (Lipinski definition) is 1. The van der Waals surface area contributed by atoms with E-state index in [1.54, 1.807) is 19.0 Å². The van der Waals surface area contributed by atoms with E-state index in [2.05, 4.69) is 52.2 Å². The molecular formula is C22H36IN5O2. The molecule has 1 atom stereocenters. The summed E-state index contributed by atoms with van der Waals surface area (Å²) in [7, 11) is 3.54. The molecule has 1 aromatic rings. The third-order valence-corrected chi connectivity index (χ3v) is 5.93. The molecule has 0 aliphatic carbocycles. The van der Waals surface area contributed by atoms with Gasteiger partial charge < -0.3 is 24.8 Å². The van der Waals surface area contributed by atoms with Crippen molar-refractivity contribution >= 4 is 41.5 Å². The zero-order chi connectivity index (χ0) is 20.8. The number of aryl methyl sites for hydroxylation is 1. The predicted molar refractivity (Wildman–Crippen MR) is 133 cm³/mol. The molecule has 1 amide bonds. The number of nitrogens with one attached hydrogen (secondary N) is 1. The highest BCUT2D eigenvalue weighted by Gasteiger charge is 2.23. The van der Waals surface area contributed by atoms with Crippen molar-refractivity contribution in [1.82, 2.24) is 15.1 Å². The monoisotopic (exact) mass is 529 g/mol. The van der Waals surface area contributed by atoms with Crippen LogP contribution in [0, 0.1) is 19.8 Å². The van der Waals surface area contributed by atoms with Crippen LogP contribution in [0.5, 0.6) is 0 Å². The number of anilines is 1.